The molecule has 0 saturated carbocycles. The first kappa shape index (κ1) is 15.0. The van der Waals surface area contributed by atoms with Gasteiger partial charge in [0.05, 0.1) is 18.8 Å². The van der Waals surface area contributed by atoms with Crippen molar-refractivity contribution in [3.8, 4) is 0 Å². The van der Waals surface area contributed by atoms with Crippen LogP contribution in [-0.2, 0) is 11.3 Å². The Kier molecular flexibility index (Phi) is 4.24. The second-order valence-electron chi connectivity index (χ2n) is 6.34. The molecule has 4 rings (SSSR count). The second-order valence-corrected chi connectivity index (χ2v) is 7.16. The van der Waals surface area contributed by atoms with Crippen molar-refractivity contribution in [2.45, 2.75) is 25.0 Å². The highest BCUT2D eigenvalue weighted by Gasteiger charge is 2.41. The standard InChI is InChI=1S/C16H21N5OS/c1-4-16(12-21(7-1)15-19-18-13-23-15)11-20(8-9-22-16)10-14-2-5-17-6-3-14/h2-3,5-6,13H,1,4,7-12H2. The van der Waals surface area contributed by atoms with E-state index >= 15 is 0 Å². The topological polar surface area (TPSA) is 54.4 Å². The van der Waals surface area contributed by atoms with Crippen LogP contribution < -0.4 is 4.90 Å². The van der Waals surface area contributed by atoms with Crippen molar-refractivity contribution in [1.82, 2.24) is 20.1 Å². The lowest BCUT2D eigenvalue weighted by Gasteiger charge is -2.48. The molecule has 2 fully saturated rings. The van der Waals surface area contributed by atoms with Gasteiger partial charge in [-0.3, -0.25) is 9.88 Å². The summed E-state index contributed by atoms with van der Waals surface area (Å²) >= 11 is 1.61. The van der Waals surface area contributed by atoms with Crippen molar-refractivity contribution in [2.24, 2.45) is 0 Å². The molecule has 2 aromatic rings. The smallest absolute Gasteiger partial charge is 0.208 e. The molecule has 0 bridgehead atoms. The van der Waals surface area contributed by atoms with E-state index in [0.717, 1.165) is 57.3 Å². The van der Waals surface area contributed by atoms with E-state index in [4.69, 9.17) is 4.74 Å². The van der Waals surface area contributed by atoms with Gasteiger partial charge in [-0.05, 0) is 30.5 Å². The normalized spacial score (nSPS) is 25.8. The minimum Gasteiger partial charge on any atom is -0.370 e. The van der Waals surface area contributed by atoms with E-state index < -0.39 is 0 Å². The maximum absolute atomic E-state index is 6.26. The molecule has 4 heterocycles. The van der Waals surface area contributed by atoms with Gasteiger partial charge in [0.2, 0.25) is 5.13 Å². The Balaban J connectivity index is 1.45. The number of rotatable bonds is 3. The summed E-state index contributed by atoms with van der Waals surface area (Å²) in [4.78, 5) is 8.93. The van der Waals surface area contributed by atoms with E-state index in [1.807, 2.05) is 12.4 Å². The van der Waals surface area contributed by atoms with Crippen LogP contribution in [0.3, 0.4) is 0 Å². The van der Waals surface area contributed by atoms with E-state index in [2.05, 4.69) is 37.1 Å². The Morgan fingerprint density at radius 1 is 1.22 bits per heavy atom. The van der Waals surface area contributed by atoms with Gasteiger partial charge in [-0.2, -0.15) is 0 Å². The predicted octanol–water partition coefficient (Wildman–Crippen LogP) is 1.80. The molecule has 2 aliphatic heterocycles. The van der Waals surface area contributed by atoms with Crippen LogP contribution in [0.2, 0.25) is 0 Å². The van der Waals surface area contributed by atoms with E-state index in [1.165, 1.54) is 5.56 Å². The number of hydrogen-bond donors (Lipinski definition) is 0. The number of piperidine rings is 1. The minimum absolute atomic E-state index is 0.0742. The zero-order chi connectivity index (χ0) is 15.5. The van der Waals surface area contributed by atoms with Crippen LogP contribution in [-0.4, -0.2) is 58.5 Å². The van der Waals surface area contributed by atoms with Crippen LogP contribution in [0.25, 0.3) is 0 Å². The zero-order valence-electron chi connectivity index (χ0n) is 13.1. The first-order valence-electron chi connectivity index (χ1n) is 8.09. The van der Waals surface area contributed by atoms with Crippen molar-refractivity contribution >= 4 is 16.5 Å². The highest BCUT2D eigenvalue weighted by molar-refractivity contribution is 7.13. The molecule has 23 heavy (non-hydrogen) atoms. The Hall–Kier alpha value is -1.57. The molecular formula is C16H21N5OS. The Labute approximate surface area is 140 Å². The highest BCUT2D eigenvalue weighted by atomic mass is 32.1. The van der Waals surface area contributed by atoms with Crippen molar-refractivity contribution < 1.29 is 4.74 Å². The van der Waals surface area contributed by atoms with Crippen molar-refractivity contribution in [3.05, 3.63) is 35.6 Å². The summed E-state index contributed by atoms with van der Waals surface area (Å²) in [5.74, 6) is 0. The van der Waals surface area contributed by atoms with E-state index in [1.54, 1.807) is 16.8 Å². The molecule has 0 radical (unpaired) electrons. The van der Waals surface area contributed by atoms with Crippen LogP contribution in [0.15, 0.2) is 30.0 Å². The zero-order valence-corrected chi connectivity index (χ0v) is 13.9. The Morgan fingerprint density at radius 3 is 2.96 bits per heavy atom. The van der Waals surface area contributed by atoms with Crippen molar-refractivity contribution in [3.63, 3.8) is 0 Å². The number of nitrogens with zero attached hydrogens (tertiary/aromatic N) is 5. The highest BCUT2D eigenvalue weighted by Crippen LogP contribution is 2.32. The molecule has 1 spiro atoms. The van der Waals surface area contributed by atoms with Gasteiger partial charge >= 0.3 is 0 Å². The number of pyridine rings is 1. The average Bonchev–Trinajstić information content (AvgIpc) is 3.10. The van der Waals surface area contributed by atoms with Crippen LogP contribution in [0.5, 0.6) is 0 Å². The predicted molar refractivity (Wildman–Crippen MR) is 89.6 cm³/mol. The molecule has 2 aliphatic rings. The van der Waals surface area contributed by atoms with Crippen LogP contribution >= 0.6 is 11.3 Å². The summed E-state index contributed by atoms with van der Waals surface area (Å²) in [5, 5.41) is 9.21. The van der Waals surface area contributed by atoms with Gasteiger partial charge in [-0.25, -0.2) is 0 Å². The number of anilines is 1. The first-order chi connectivity index (χ1) is 11.3. The fourth-order valence-electron chi connectivity index (χ4n) is 3.62. The molecule has 0 amide bonds. The molecule has 7 heteroatoms. The molecule has 1 atom stereocenters. The summed E-state index contributed by atoms with van der Waals surface area (Å²) in [6.07, 6.45) is 5.99. The van der Waals surface area contributed by atoms with Gasteiger partial charge in [0.25, 0.3) is 0 Å². The molecule has 2 saturated heterocycles. The minimum atomic E-state index is -0.0742. The molecule has 6 nitrogen and oxygen atoms in total. The third kappa shape index (κ3) is 3.36. The van der Waals surface area contributed by atoms with Gasteiger partial charge in [0, 0.05) is 38.6 Å². The quantitative estimate of drug-likeness (QED) is 0.855. The van der Waals surface area contributed by atoms with Gasteiger partial charge in [-0.1, -0.05) is 11.3 Å². The summed E-state index contributed by atoms with van der Waals surface area (Å²) in [6.45, 7) is 5.69. The average molecular weight is 331 g/mol. The third-order valence-corrected chi connectivity index (χ3v) is 5.39. The van der Waals surface area contributed by atoms with Gasteiger partial charge < -0.3 is 9.64 Å². The Bertz CT molecular complexity index is 619. The number of ether oxygens (including phenoxy) is 1. The lowest BCUT2D eigenvalue weighted by Crippen LogP contribution is -2.59. The molecule has 122 valence electrons. The SMILES string of the molecule is c1cc(CN2CCOC3(CCCN(c4nncs4)C3)C2)ccn1. The van der Waals surface area contributed by atoms with E-state index in [9.17, 15) is 0 Å². The van der Waals surface area contributed by atoms with Crippen molar-refractivity contribution in [1.29, 1.82) is 0 Å². The summed E-state index contributed by atoms with van der Waals surface area (Å²) in [6, 6.07) is 4.19. The fraction of sp³-hybridized carbons (Fsp3) is 0.562. The lowest BCUT2D eigenvalue weighted by atomic mass is 9.91. The molecular weight excluding hydrogens is 310 g/mol. The fourth-order valence-corrected chi connectivity index (χ4v) is 4.21. The van der Waals surface area contributed by atoms with E-state index in [-0.39, 0.29) is 5.60 Å². The maximum atomic E-state index is 6.26. The van der Waals surface area contributed by atoms with Gasteiger partial charge in [0.15, 0.2) is 0 Å². The van der Waals surface area contributed by atoms with Crippen LogP contribution in [0.1, 0.15) is 18.4 Å². The molecule has 0 aliphatic carbocycles. The van der Waals surface area contributed by atoms with E-state index in [0.29, 0.717) is 0 Å². The number of hydrogen-bond acceptors (Lipinski definition) is 7. The molecule has 0 N–H and O–H groups in total. The first-order valence-corrected chi connectivity index (χ1v) is 8.97. The number of morpholine rings is 1. The lowest BCUT2D eigenvalue weighted by molar-refractivity contribution is -0.116. The largest absolute Gasteiger partial charge is 0.370 e. The Morgan fingerprint density at radius 2 is 2.13 bits per heavy atom. The number of aromatic nitrogens is 3. The summed E-state index contributed by atoms with van der Waals surface area (Å²) in [7, 11) is 0. The monoisotopic (exact) mass is 331 g/mol. The van der Waals surface area contributed by atoms with Crippen LogP contribution in [0, 0.1) is 0 Å². The van der Waals surface area contributed by atoms with Crippen LogP contribution in [0.4, 0.5) is 5.13 Å². The maximum Gasteiger partial charge on any atom is 0.208 e. The second kappa shape index (κ2) is 6.51. The summed E-state index contributed by atoms with van der Waals surface area (Å²) in [5.41, 5.74) is 3.04. The van der Waals surface area contributed by atoms with Crippen molar-refractivity contribution in [2.75, 3.05) is 37.7 Å². The third-order valence-electron chi connectivity index (χ3n) is 4.64. The van der Waals surface area contributed by atoms with Gasteiger partial charge in [-0.15, -0.1) is 10.2 Å². The molecule has 1 unspecified atom stereocenters. The van der Waals surface area contributed by atoms with Gasteiger partial charge in [0.1, 0.15) is 5.51 Å². The summed E-state index contributed by atoms with van der Waals surface area (Å²) < 4.78 is 6.26. The molecule has 0 aromatic carbocycles. The molecule has 2 aromatic heterocycles.